The minimum atomic E-state index is -0.289. The van der Waals surface area contributed by atoms with Gasteiger partial charge in [-0.25, -0.2) is 19.3 Å². The van der Waals surface area contributed by atoms with Gasteiger partial charge in [-0.1, -0.05) is 0 Å². The number of anilines is 2. The number of pyridine rings is 1. The smallest absolute Gasteiger partial charge is 0.220 e. The van der Waals surface area contributed by atoms with Crippen molar-refractivity contribution in [3.63, 3.8) is 0 Å². The van der Waals surface area contributed by atoms with E-state index in [9.17, 15) is 4.39 Å². The molecule has 1 saturated heterocycles. The largest absolute Gasteiger partial charge is 0.381 e. The number of aromatic nitrogens is 4. The van der Waals surface area contributed by atoms with Crippen LogP contribution in [-0.4, -0.2) is 50.4 Å². The number of nitrogens with one attached hydrogen (secondary N) is 1. The van der Waals surface area contributed by atoms with E-state index in [-0.39, 0.29) is 11.8 Å². The van der Waals surface area contributed by atoms with Crippen LogP contribution >= 0.6 is 0 Å². The highest BCUT2D eigenvalue weighted by atomic mass is 19.1. The minimum Gasteiger partial charge on any atom is -0.381 e. The van der Waals surface area contributed by atoms with Crippen molar-refractivity contribution in [1.82, 2.24) is 24.3 Å². The molecule has 0 spiro atoms. The fraction of sp³-hybridized carbons (Fsp3) is 0.227. The summed E-state index contributed by atoms with van der Waals surface area (Å²) in [5.74, 6) is -0.0977. The lowest BCUT2D eigenvalue weighted by atomic mass is 10.1. The maximum absolute atomic E-state index is 13.5. The summed E-state index contributed by atoms with van der Waals surface area (Å²) in [5, 5.41) is 3.60. The second-order valence-electron chi connectivity index (χ2n) is 7.65. The molecule has 1 aliphatic heterocycles. The molecule has 1 unspecified atom stereocenters. The van der Waals surface area contributed by atoms with E-state index in [0.29, 0.717) is 17.4 Å². The Labute approximate surface area is 173 Å². The van der Waals surface area contributed by atoms with E-state index in [1.54, 1.807) is 24.4 Å². The molecule has 0 amide bonds. The zero-order valence-electron chi connectivity index (χ0n) is 16.6. The molecule has 1 aliphatic rings. The van der Waals surface area contributed by atoms with E-state index in [1.165, 1.54) is 12.1 Å². The van der Waals surface area contributed by atoms with Gasteiger partial charge >= 0.3 is 0 Å². The Kier molecular flexibility index (Phi) is 4.55. The van der Waals surface area contributed by atoms with Gasteiger partial charge < -0.3 is 16.0 Å². The monoisotopic (exact) mass is 403 g/mol. The van der Waals surface area contributed by atoms with Crippen LogP contribution < -0.4 is 11.1 Å². The number of hydrogen-bond donors (Lipinski definition) is 2. The Morgan fingerprint density at radius 2 is 1.97 bits per heavy atom. The summed E-state index contributed by atoms with van der Waals surface area (Å²) in [4.78, 5) is 15.6. The predicted octanol–water partition coefficient (Wildman–Crippen LogP) is 3.30. The Balaban J connectivity index is 1.62. The topological polar surface area (TPSA) is 84.4 Å². The molecule has 4 heterocycles. The molecule has 30 heavy (non-hydrogen) atoms. The van der Waals surface area contributed by atoms with Crippen LogP contribution in [0.4, 0.5) is 16.0 Å². The lowest BCUT2D eigenvalue weighted by Crippen LogP contribution is -2.23. The summed E-state index contributed by atoms with van der Waals surface area (Å²) < 4.78 is 15.5. The first-order chi connectivity index (χ1) is 14.6. The Morgan fingerprint density at radius 3 is 2.70 bits per heavy atom. The molecule has 0 aliphatic carbocycles. The Hall–Kier alpha value is -3.52. The maximum atomic E-state index is 13.5. The van der Waals surface area contributed by atoms with Crippen molar-refractivity contribution in [2.24, 2.45) is 0 Å². The Bertz CT molecular complexity index is 1200. The second kappa shape index (κ2) is 7.38. The predicted molar refractivity (Wildman–Crippen MR) is 116 cm³/mol. The first kappa shape index (κ1) is 18.5. The van der Waals surface area contributed by atoms with Crippen LogP contribution in [0.1, 0.15) is 6.42 Å². The van der Waals surface area contributed by atoms with E-state index in [0.717, 1.165) is 42.1 Å². The van der Waals surface area contributed by atoms with Crippen LogP contribution in [-0.2, 0) is 0 Å². The molecule has 0 saturated carbocycles. The SMILES string of the molecule is CN1CCC(Nc2ccn3c(-c4ccnc(N)n4)c(-c4ccc(F)cc4)nc3c2)C1. The third-order valence-electron chi connectivity index (χ3n) is 5.42. The molecule has 4 aromatic rings. The van der Waals surface area contributed by atoms with Gasteiger partial charge in [0.15, 0.2) is 0 Å². The molecule has 3 N–H and O–H groups in total. The lowest BCUT2D eigenvalue weighted by Gasteiger charge is -2.14. The van der Waals surface area contributed by atoms with E-state index in [4.69, 9.17) is 10.7 Å². The quantitative estimate of drug-likeness (QED) is 0.544. The number of likely N-dealkylation sites (N-methyl/N-ethyl adjacent to an activating group) is 1. The van der Waals surface area contributed by atoms with E-state index >= 15 is 0 Å². The van der Waals surface area contributed by atoms with Gasteiger partial charge in [0, 0.05) is 42.3 Å². The number of nitrogens with two attached hydrogens (primary N) is 1. The lowest BCUT2D eigenvalue weighted by molar-refractivity contribution is 0.414. The molecule has 5 rings (SSSR count). The van der Waals surface area contributed by atoms with Crippen LogP contribution in [0.5, 0.6) is 0 Å². The van der Waals surface area contributed by atoms with Gasteiger partial charge in [0.25, 0.3) is 0 Å². The fourth-order valence-electron chi connectivity index (χ4n) is 3.98. The summed E-state index contributed by atoms with van der Waals surface area (Å²) in [6.07, 6.45) is 4.71. The first-order valence-electron chi connectivity index (χ1n) is 9.89. The van der Waals surface area contributed by atoms with Gasteiger partial charge in [0.2, 0.25) is 5.95 Å². The molecule has 8 heteroatoms. The molecule has 1 fully saturated rings. The van der Waals surface area contributed by atoms with Crippen LogP contribution in [0.2, 0.25) is 0 Å². The van der Waals surface area contributed by atoms with Crippen LogP contribution in [0.25, 0.3) is 28.3 Å². The molecule has 0 radical (unpaired) electrons. The molecular weight excluding hydrogens is 381 g/mol. The van der Waals surface area contributed by atoms with Crippen molar-refractivity contribution in [2.75, 3.05) is 31.2 Å². The van der Waals surface area contributed by atoms with Crippen molar-refractivity contribution >= 4 is 17.3 Å². The number of likely N-dealkylation sites (tertiary alicyclic amines) is 1. The summed E-state index contributed by atoms with van der Waals surface area (Å²) in [5.41, 5.74) is 10.6. The average Bonchev–Trinajstić information content (AvgIpc) is 3.31. The maximum Gasteiger partial charge on any atom is 0.220 e. The van der Waals surface area contributed by atoms with E-state index in [1.807, 2.05) is 22.7 Å². The minimum absolute atomic E-state index is 0.191. The van der Waals surface area contributed by atoms with Crippen LogP contribution in [0.15, 0.2) is 54.9 Å². The number of rotatable bonds is 4. The highest BCUT2D eigenvalue weighted by Gasteiger charge is 2.21. The van der Waals surface area contributed by atoms with Gasteiger partial charge in [-0.05, 0) is 56.4 Å². The third kappa shape index (κ3) is 3.46. The molecule has 7 nitrogen and oxygen atoms in total. The summed E-state index contributed by atoms with van der Waals surface area (Å²) >= 11 is 0. The molecule has 3 aromatic heterocycles. The van der Waals surface area contributed by atoms with Crippen LogP contribution in [0.3, 0.4) is 0 Å². The molecular formula is C22H22FN7. The van der Waals surface area contributed by atoms with E-state index < -0.39 is 0 Å². The summed E-state index contributed by atoms with van der Waals surface area (Å²) in [6.45, 7) is 2.11. The van der Waals surface area contributed by atoms with Crippen molar-refractivity contribution in [2.45, 2.75) is 12.5 Å². The standard InChI is InChI=1S/C22H22FN7/c1-29-10-7-17(13-29)26-16-8-11-30-19(12-16)28-20(14-2-4-15(23)5-3-14)21(30)18-6-9-25-22(24)27-18/h2-6,8-9,11-12,17,26H,7,10,13H2,1H3,(H2,24,25,27). The fourth-order valence-corrected chi connectivity index (χ4v) is 3.98. The van der Waals surface area contributed by atoms with Crippen molar-refractivity contribution in [3.8, 4) is 22.6 Å². The number of benzene rings is 1. The zero-order valence-corrected chi connectivity index (χ0v) is 16.6. The second-order valence-corrected chi connectivity index (χ2v) is 7.65. The normalized spacial score (nSPS) is 16.9. The van der Waals surface area contributed by atoms with Crippen molar-refractivity contribution < 1.29 is 4.39 Å². The number of fused-ring (bicyclic) bond motifs is 1. The summed E-state index contributed by atoms with van der Waals surface area (Å²) in [7, 11) is 2.13. The average molecular weight is 403 g/mol. The number of hydrogen-bond acceptors (Lipinski definition) is 6. The number of nitrogen functional groups attached to an aromatic ring is 1. The van der Waals surface area contributed by atoms with Crippen molar-refractivity contribution in [3.05, 3.63) is 60.7 Å². The van der Waals surface area contributed by atoms with Crippen LogP contribution in [0, 0.1) is 5.82 Å². The molecule has 1 aromatic carbocycles. The first-order valence-corrected chi connectivity index (χ1v) is 9.89. The third-order valence-corrected chi connectivity index (χ3v) is 5.42. The van der Waals surface area contributed by atoms with Gasteiger partial charge in [-0.2, -0.15) is 0 Å². The highest BCUT2D eigenvalue weighted by Crippen LogP contribution is 2.33. The van der Waals surface area contributed by atoms with Gasteiger partial charge in [-0.15, -0.1) is 0 Å². The van der Waals surface area contributed by atoms with Gasteiger partial charge in [0.1, 0.15) is 11.5 Å². The summed E-state index contributed by atoms with van der Waals surface area (Å²) in [6, 6.07) is 12.6. The number of imidazole rings is 1. The van der Waals surface area contributed by atoms with Crippen molar-refractivity contribution in [1.29, 1.82) is 0 Å². The zero-order chi connectivity index (χ0) is 20.7. The van der Waals surface area contributed by atoms with Gasteiger partial charge in [0.05, 0.1) is 17.1 Å². The highest BCUT2D eigenvalue weighted by molar-refractivity contribution is 5.81. The molecule has 0 bridgehead atoms. The van der Waals surface area contributed by atoms with E-state index in [2.05, 4.69) is 27.2 Å². The number of halogens is 1. The Morgan fingerprint density at radius 1 is 1.13 bits per heavy atom. The molecule has 1 atom stereocenters. The molecule has 152 valence electrons. The van der Waals surface area contributed by atoms with Gasteiger partial charge in [-0.3, -0.25) is 4.40 Å². The number of nitrogens with zero attached hydrogens (tertiary/aromatic N) is 5.